The number of ether oxygens (including phenoxy) is 3. The number of aromatic amines is 1. The minimum Gasteiger partial charge on any atom is -0.494 e. The first-order valence-corrected chi connectivity index (χ1v) is 8.61. The van der Waals surface area contributed by atoms with Crippen LogP contribution in [0.5, 0.6) is 23.1 Å². The summed E-state index contributed by atoms with van der Waals surface area (Å²) in [6.45, 7) is 0.943. The molecular weight excluding hydrogens is 330 g/mol. The summed E-state index contributed by atoms with van der Waals surface area (Å²) < 4.78 is 17.0. The highest BCUT2D eigenvalue weighted by molar-refractivity contribution is 6.16. The maximum absolute atomic E-state index is 10.3. The van der Waals surface area contributed by atoms with Crippen LogP contribution in [0, 0.1) is 0 Å². The zero-order valence-electron chi connectivity index (χ0n) is 13.8. The van der Waals surface area contributed by atoms with Gasteiger partial charge in [-0.3, -0.25) is 0 Å². The molecule has 2 N–H and O–H groups in total. The molecule has 2 aliphatic heterocycles. The maximum Gasteiger partial charge on any atom is 0.231 e. The van der Waals surface area contributed by atoms with Crippen molar-refractivity contribution >= 4 is 21.5 Å². The molecule has 6 rings (SSSR count). The molecule has 2 aliphatic rings. The molecule has 0 fully saturated rings. The molecule has 0 spiro atoms. The van der Waals surface area contributed by atoms with Gasteiger partial charge in [0, 0.05) is 34.3 Å². The predicted molar refractivity (Wildman–Crippen MR) is 98.2 cm³/mol. The van der Waals surface area contributed by atoms with E-state index in [0.29, 0.717) is 6.61 Å². The molecule has 0 amide bonds. The van der Waals surface area contributed by atoms with Crippen molar-refractivity contribution in [1.29, 1.82) is 0 Å². The number of hydrogen-bond acceptors (Lipinski definition) is 4. The largest absolute Gasteiger partial charge is 0.494 e. The summed E-state index contributed by atoms with van der Waals surface area (Å²) in [5, 5.41) is 14.1. The first kappa shape index (κ1) is 13.9. The molecule has 3 aromatic carbocycles. The van der Waals surface area contributed by atoms with E-state index in [0.717, 1.165) is 56.3 Å². The minimum atomic E-state index is 0.172. The van der Waals surface area contributed by atoms with Gasteiger partial charge in [0.05, 0.1) is 6.61 Å². The molecule has 0 atom stereocenters. The molecule has 0 bridgehead atoms. The summed E-state index contributed by atoms with van der Waals surface area (Å²) >= 11 is 0. The minimum absolute atomic E-state index is 0.172. The van der Waals surface area contributed by atoms with Gasteiger partial charge in [-0.05, 0) is 34.7 Å². The van der Waals surface area contributed by atoms with Crippen LogP contribution in [0.15, 0.2) is 42.6 Å². The van der Waals surface area contributed by atoms with Crippen LogP contribution in [0.4, 0.5) is 0 Å². The predicted octanol–water partition coefficient (Wildman–Crippen LogP) is 4.36. The lowest BCUT2D eigenvalue weighted by Gasteiger charge is -2.13. The Morgan fingerprint density at radius 1 is 0.923 bits per heavy atom. The Morgan fingerprint density at radius 3 is 2.81 bits per heavy atom. The zero-order valence-corrected chi connectivity index (χ0v) is 13.8. The second kappa shape index (κ2) is 4.85. The second-order valence-electron chi connectivity index (χ2n) is 6.67. The number of nitrogens with one attached hydrogen (secondary N) is 1. The molecule has 0 radical (unpaired) electrons. The van der Waals surface area contributed by atoms with E-state index in [-0.39, 0.29) is 12.7 Å². The fourth-order valence-electron chi connectivity index (χ4n) is 4.06. The normalized spacial score (nSPS) is 14.8. The highest BCUT2D eigenvalue weighted by Gasteiger charge is 2.23. The summed E-state index contributed by atoms with van der Waals surface area (Å²) in [5.74, 6) is 2.60. The maximum atomic E-state index is 10.3. The van der Waals surface area contributed by atoms with Crippen LogP contribution in [-0.4, -0.2) is 23.5 Å². The first-order chi connectivity index (χ1) is 12.8. The van der Waals surface area contributed by atoms with Gasteiger partial charge in [0.25, 0.3) is 0 Å². The number of hydrogen-bond donors (Lipinski definition) is 2. The Balaban J connectivity index is 1.78. The van der Waals surface area contributed by atoms with E-state index in [1.807, 2.05) is 30.5 Å². The van der Waals surface area contributed by atoms with E-state index < -0.39 is 0 Å². The molecule has 0 saturated heterocycles. The molecule has 3 heterocycles. The lowest BCUT2D eigenvalue weighted by Crippen LogP contribution is -1.93. The Labute approximate surface area is 148 Å². The van der Waals surface area contributed by atoms with Crippen molar-refractivity contribution in [3.63, 3.8) is 0 Å². The fourth-order valence-corrected chi connectivity index (χ4v) is 4.06. The van der Waals surface area contributed by atoms with E-state index in [2.05, 4.69) is 17.1 Å². The Morgan fingerprint density at radius 2 is 1.85 bits per heavy atom. The van der Waals surface area contributed by atoms with Gasteiger partial charge in [-0.1, -0.05) is 18.2 Å². The van der Waals surface area contributed by atoms with Crippen LogP contribution < -0.4 is 14.2 Å². The Kier molecular flexibility index (Phi) is 2.59. The second-order valence-corrected chi connectivity index (χ2v) is 6.67. The van der Waals surface area contributed by atoms with Crippen LogP contribution in [0.2, 0.25) is 0 Å². The summed E-state index contributed by atoms with van der Waals surface area (Å²) in [4.78, 5) is 2.94. The van der Waals surface area contributed by atoms with E-state index in [9.17, 15) is 5.11 Å². The molecule has 5 nitrogen and oxygen atoms in total. The van der Waals surface area contributed by atoms with Gasteiger partial charge in [0.15, 0.2) is 17.4 Å². The Hall–Kier alpha value is -3.34. The molecule has 26 heavy (non-hydrogen) atoms. The van der Waals surface area contributed by atoms with E-state index in [4.69, 9.17) is 14.2 Å². The number of benzene rings is 3. The first-order valence-electron chi connectivity index (χ1n) is 8.61. The molecule has 0 saturated carbocycles. The third-order valence-electron chi connectivity index (χ3n) is 5.27. The third kappa shape index (κ3) is 1.74. The van der Waals surface area contributed by atoms with Crippen LogP contribution >= 0.6 is 0 Å². The Bertz CT molecular complexity index is 1210. The number of aromatic hydroxyl groups is 1. The lowest BCUT2D eigenvalue weighted by atomic mass is 9.92. The van der Waals surface area contributed by atoms with Gasteiger partial charge >= 0.3 is 0 Å². The van der Waals surface area contributed by atoms with Crippen molar-refractivity contribution in [2.75, 3.05) is 13.4 Å². The summed E-state index contributed by atoms with van der Waals surface area (Å²) in [7, 11) is 0. The number of fused-ring (bicyclic) bond motifs is 5. The highest BCUT2D eigenvalue weighted by atomic mass is 16.7. The highest BCUT2D eigenvalue weighted by Crippen LogP contribution is 2.47. The van der Waals surface area contributed by atoms with Crippen LogP contribution in [0.25, 0.3) is 32.7 Å². The standard InChI is InChI=1S/C21H15NO4/c23-21-14-7-12-2-1-11-5-6-24-20(11)19(12)18(15(14)9-22-21)13-3-4-16-17(8-13)26-10-25-16/h1-4,7-9,22-23H,5-6,10H2. The van der Waals surface area contributed by atoms with Crippen molar-refractivity contribution in [3.8, 4) is 34.3 Å². The van der Waals surface area contributed by atoms with Crippen LogP contribution in [-0.2, 0) is 6.42 Å². The quantitative estimate of drug-likeness (QED) is 0.538. The molecule has 1 aromatic heterocycles. The number of aromatic nitrogens is 1. The third-order valence-corrected chi connectivity index (χ3v) is 5.27. The monoisotopic (exact) mass is 345 g/mol. The van der Waals surface area contributed by atoms with E-state index >= 15 is 0 Å². The van der Waals surface area contributed by atoms with Gasteiger partial charge in [-0.25, -0.2) is 0 Å². The fraction of sp³-hybridized carbons (Fsp3) is 0.143. The lowest BCUT2D eigenvalue weighted by molar-refractivity contribution is 0.174. The van der Waals surface area contributed by atoms with E-state index in [1.54, 1.807) is 0 Å². The van der Waals surface area contributed by atoms with Crippen LogP contribution in [0.3, 0.4) is 0 Å². The van der Waals surface area contributed by atoms with E-state index in [1.165, 1.54) is 5.56 Å². The SMILES string of the molecule is Oc1[nH]cc2c(-c3ccc4c(c3)OCO4)c3c4c(ccc3cc12)CCO4. The van der Waals surface area contributed by atoms with Crippen molar-refractivity contribution in [2.24, 2.45) is 0 Å². The van der Waals surface area contributed by atoms with Gasteiger partial charge in [-0.15, -0.1) is 0 Å². The molecular formula is C21H15NO4. The van der Waals surface area contributed by atoms with Gasteiger partial charge in [-0.2, -0.15) is 0 Å². The summed E-state index contributed by atoms with van der Waals surface area (Å²) in [6.07, 6.45) is 2.76. The topological polar surface area (TPSA) is 63.7 Å². The summed E-state index contributed by atoms with van der Waals surface area (Å²) in [6, 6.07) is 12.2. The van der Waals surface area contributed by atoms with Crippen molar-refractivity contribution in [3.05, 3.63) is 48.2 Å². The van der Waals surface area contributed by atoms with Gasteiger partial charge in [0.1, 0.15) is 5.75 Å². The van der Waals surface area contributed by atoms with Crippen molar-refractivity contribution < 1.29 is 19.3 Å². The van der Waals surface area contributed by atoms with Crippen LogP contribution in [0.1, 0.15) is 5.56 Å². The average Bonchev–Trinajstić information content (AvgIpc) is 3.39. The molecule has 0 unspecified atom stereocenters. The smallest absolute Gasteiger partial charge is 0.231 e. The average molecular weight is 345 g/mol. The molecule has 4 aromatic rings. The molecule has 128 valence electrons. The van der Waals surface area contributed by atoms with Crippen molar-refractivity contribution in [1.82, 2.24) is 4.98 Å². The number of rotatable bonds is 1. The van der Waals surface area contributed by atoms with Gasteiger partial charge < -0.3 is 24.3 Å². The van der Waals surface area contributed by atoms with Gasteiger partial charge in [0.2, 0.25) is 6.79 Å². The molecule has 5 heteroatoms. The summed E-state index contributed by atoms with van der Waals surface area (Å²) in [5.41, 5.74) is 3.26. The van der Waals surface area contributed by atoms with Crippen molar-refractivity contribution in [2.45, 2.75) is 6.42 Å². The zero-order chi connectivity index (χ0) is 17.3. The molecule has 0 aliphatic carbocycles. The number of H-pyrrole nitrogens is 1.